The third-order valence-electron chi connectivity index (χ3n) is 5.84. The lowest BCUT2D eigenvalue weighted by Crippen LogP contribution is -2.57. The number of piperazine rings is 1. The Labute approximate surface area is 170 Å². The minimum Gasteiger partial charge on any atom is -0.497 e. The van der Waals surface area contributed by atoms with Gasteiger partial charge in [0.2, 0.25) is 0 Å². The second-order valence-electron chi connectivity index (χ2n) is 7.59. The maximum Gasteiger partial charge on any atom is 0.260 e. The lowest BCUT2D eigenvalue weighted by atomic mass is 10.1. The van der Waals surface area contributed by atoms with E-state index in [4.69, 9.17) is 4.74 Å². The van der Waals surface area contributed by atoms with Crippen LogP contribution in [0.4, 0.5) is 5.00 Å². The Hall–Kier alpha value is -1.93. The first-order chi connectivity index (χ1) is 13.5. The zero-order chi connectivity index (χ0) is 19.8. The molecule has 6 nitrogen and oxygen atoms in total. The number of fused-ring (bicyclic) bond motifs is 1. The lowest BCUT2D eigenvalue weighted by Gasteiger charge is -2.44. The number of amides is 1. The zero-order valence-electron chi connectivity index (χ0n) is 17.1. The summed E-state index contributed by atoms with van der Waals surface area (Å²) in [6.45, 7) is 9.90. The van der Waals surface area contributed by atoms with Gasteiger partial charge >= 0.3 is 0 Å². The number of hydrazine groups is 1. The Bertz CT molecular complexity index is 856. The Morgan fingerprint density at radius 1 is 1.04 bits per heavy atom. The molecule has 2 aliphatic heterocycles. The molecule has 4 rings (SSSR count). The number of ether oxygens (including phenoxy) is 1. The number of anilines is 1. The fourth-order valence-corrected chi connectivity index (χ4v) is 4.99. The van der Waals surface area contributed by atoms with Crippen LogP contribution in [0.3, 0.4) is 0 Å². The van der Waals surface area contributed by atoms with Gasteiger partial charge in [-0.25, -0.2) is 10.0 Å². The number of benzene rings is 1. The van der Waals surface area contributed by atoms with Crippen molar-refractivity contribution in [3.8, 4) is 5.75 Å². The van der Waals surface area contributed by atoms with E-state index in [1.165, 1.54) is 16.0 Å². The summed E-state index contributed by atoms with van der Waals surface area (Å²) in [7, 11) is 3.80. The van der Waals surface area contributed by atoms with Crippen LogP contribution in [0.25, 0.3) is 0 Å². The van der Waals surface area contributed by atoms with E-state index >= 15 is 0 Å². The van der Waals surface area contributed by atoms with Crippen LogP contribution in [0.5, 0.6) is 5.75 Å². The molecule has 1 saturated heterocycles. The summed E-state index contributed by atoms with van der Waals surface area (Å²) in [4.78, 5) is 19.0. The van der Waals surface area contributed by atoms with Crippen LogP contribution in [0.15, 0.2) is 24.3 Å². The first kappa shape index (κ1) is 19.4. The molecular weight excluding hydrogens is 372 g/mol. The first-order valence-electron chi connectivity index (χ1n) is 9.71. The third-order valence-corrected chi connectivity index (χ3v) is 7.11. The summed E-state index contributed by atoms with van der Waals surface area (Å²) in [5.74, 6) is 0.807. The summed E-state index contributed by atoms with van der Waals surface area (Å²) < 4.78 is 5.23. The molecule has 1 amide bonds. The van der Waals surface area contributed by atoms with Crippen molar-refractivity contribution in [1.29, 1.82) is 0 Å². The number of hydrogen-bond donors (Lipinski definition) is 0. The highest BCUT2D eigenvalue weighted by molar-refractivity contribution is 7.16. The molecule has 28 heavy (non-hydrogen) atoms. The molecule has 0 N–H and O–H groups in total. The third kappa shape index (κ3) is 3.55. The Kier molecular flexibility index (Phi) is 5.42. The number of carbonyl (C=O) groups excluding carboxylic acids is 1. The molecule has 3 heterocycles. The summed E-state index contributed by atoms with van der Waals surface area (Å²) in [6, 6.07) is 7.40. The SMILES string of the molecule is COc1ccc(C(=O)N2CN(N3CCN(C)CC3)Cc3c2sc(C)c3C)cc1. The van der Waals surface area contributed by atoms with Crippen molar-refractivity contribution in [2.24, 2.45) is 0 Å². The van der Waals surface area contributed by atoms with E-state index < -0.39 is 0 Å². The highest BCUT2D eigenvalue weighted by atomic mass is 32.1. The van der Waals surface area contributed by atoms with Crippen LogP contribution in [-0.4, -0.2) is 67.8 Å². The van der Waals surface area contributed by atoms with Gasteiger partial charge in [-0.2, -0.15) is 0 Å². The zero-order valence-corrected chi connectivity index (χ0v) is 17.9. The van der Waals surface area contributed by atoms with E-state index in [0.717, 1.165) is 43.5 Å². The van der Waals surface area contributed by atoms with E-state index in [-0.39, 0.29) is 5.91 Å². The van der Waals surface area contributed by atoms with E-state index in [2.05, 4.69) is 35.8 Å². The van der Waals surface area contributed by atoms with Gasteiger partial charge in [0.1, 0.15) is 10.8 Å². The summed E-state index contributed by atoms with van der Waals surface area (Å²) in [5.41, 5.74) is 3.29. The number of aryl methyl sites for hydroxylation is 1. The molecule has 0 bridgehead atoms. The number of likely N-dealkylation sites (N-methyl/N-ethyl adjacent to an activating group) is 1. The largest absolute Gasteiger partial charge is 0.497 e. The number of nitrogens with zero attached hydrogens (tertiary/aromatic N) is 4. The highest BCUT2D eigenvalue weighted by Gasteiger charge is 2.34. The fourth-order valence-electron chi connectivity index (χ4n) is 3.83. The van der Waals surface area contributed by atoms with Gasteiger partial charge < -0.3 is 9.64 Å². The molecule has 2 aliphatic rings. The van der Waals surface area contributed by atoms with Gasteiger partial charge in [0.25, 0.3) is 5.91 Å². The number of carbonyl (C=O) groups is 1. The molecule has 0 unspecified atom stereocenters. The average molecular weight is 401 g/mol. The molecule has 0 atom stereocenters. The van der Waals surface area contributed by atoms with E-state index in [1.54, 1.807) is 18.4 Å². The first-order valence-corrected chi connectivity index (χ1v) is 10.5. The quantitative estimate of drug-likeness (QED) is 0.792. The van der Waals surface area contributed by atoms with Crippen molar-refractivity contribution in [1.82, 2.24) is 14.9 Å². The fraction of sp³-hybridized carbons (Fsp3) is 0.476. The van der Waals surface area contributed by atoms with Crippen LogP contribution in [0.2, 0.25) is 0 Å². The Morgan fingerprint density at radius 3 is 2.36 bits per heavy atom. The molecule has 1 aromatic heterocycles. The van der Waals surface area contributed by atoms with Gasteiger partial charge in [-0.05, 0) is 50.7 Å². The number of rotatable bonds is 3. The molecule has 0 aliphatic carbocycles. The van der Waals surface area contributed by atoms with Crippen molar-refractivity contribution in [2.75, 3.05) is 51.9 Å². The van der Waals surface area contributed by atoms with Gasteiger partial charge in [0.15, 0.2) is 0 Å². The minimum atomic E-state index is 0.0454. The van der Waals surface area contributed by atoms with Crippen LogP contribution in [0, 0.1) is 13.8 Å². The minimum absolute atomic E-state index is 0.0454. The molecule has 150 valence electrons. The van der Waals surface area contributed by atoms with E-state index in [9.17, 15) is 4.79 Å². The standard InChI is InChI=1S/C21H28N4O2S/c1-15-16(2)28-21-19(15)13-24(23-11-9-22(3)10-12-23)14-25(21)20(26)17-5-7-18(27-4)8-6-17/h5-8H,9-14H2,1-4H3. The maximum atomic E-state index is 13.4. The van der Waals surface area contributed by atoms with Gasteiger partial charge in [-0.15, -0.1) is 11.3 Å². The number of thiophene rings is 1. The monoisotopic (exact) mass is 400 g/mol. The molecule has 1 fully saturated rings. The maximum absolute atomic E-state index is 13.4. The molecule has 2 aromatic rings. The predicted octanol–water partition coefficient (Wildman–Crippen LogP) is 2.96. The molecule has 7 heteroatoms. The van der Waals surface area contributed by atoms with Gasteiger partial charge in [0.05, 0.1) is 13.8 Å². The number of methoxy groups -OCH3 is 1. The van der Waals surface area contributed by atoms with Gasteiger partial charge in [-0.3, -0.25) is 9.69 Å². The van der Waals surface area contributed by atoms with Crippen molar-refractivity contribution in [3.05, 3.63) is 45.8 Å². The topological polar surface area (TPSA) is 39.3 Å². The summed E-state index contributed by atoms with van der Waals surface area (Å²) in [6.07, 6.45) is 0. The molecule has 0 saturated carbocycles. The average Bonchev–Trinajstić information content (AvgIpc) is 3.01. The Balaban J connectivity index is 1.64. The molecule has 1 aromatic carbocycles. The molecular formula is C21H28N4O2S. The van der Waals surface area contributed by atoms with Gasteiger partial charge in [0, 0.05) is 48.7 Å². The predicted molar refractivity (Wildman–Crippen MR) is 113 cm³/mol. The molecule has 0 radical (unpaired) electrons. The van der Waals surface area contributed by atoms with Crippen molar-refractivity contribution < 1.29 is 9.53 Å². The lowest BCUT2D eigenvalue weighted by molar-refractivity contribution is -0.0621. The van der Waals surface area contributed by atoms with Gasteiger partial charge in [-0.1, -0.05) is 0 Å². The normalized spacial score (nSPS) is 18.9. The smallest absolute Gasteiger partial charge is 0.260 e. The van der Waals surface area contributed by atoms with Crippen LogP contribution in [0.1, 0.15) is 26.4 Å². The van der Waals surface area contributed by atoms with Crippen molar-refractivity contribution >= 4 is 22.2 Å². The second kappa shape index (κ2) is 7.83. The van der Waals surface area contributed by atoms with Crippen LogP contribution in [-0.2, 0) is 6.54 Å². The summed E-state index contributed by atoms with van der Waals surface area (Å²) in [5, 5.41) is 5.85. The number of hydrogen-bond acceptors (Lipinski definition) is 6. The highest BCUT2D eigenvalue weighted by Crippen LogP contribution is 2.40. The Morgan fingerprint density at radius 2 is 1.71 bits per heavy atom. The molecule has 0 spiro atoms. The second-order valence-corrected chi connectivity index (χ2v) is 8.79. The van der Waals surface area contributed by atoms with Crippen LogP contribution < -0.4 is 9.64 Å². The van der Waals surface area contributed by atoms with Crippen LogP contribution >= 0.6 is 11.3 Å². The summed E-state index contributed by atoms with van der Waals surface area (Å²) >= 11 is 1.73. The van der Waals surface area contributed by atoms with E-state index in [1.807, 2.05) is 29.2 Å². The van der Waals surface area contributed by atoms with E-state index in [0.29, 0.717) is 12.2 Å². The van der Waals surface area contributed by atoms with Crippen molar-refractivity contribution in [2.45, 2.75) is 20.4 Å². The van der Waals surface area contributed by atoms with Crippen molar-refractivity contribution in [3.63, 3.8) is 0 Å².